The van der Waals surface area contributed by atoms with E-state index in [-0.39, 0.29) is 35.1 Å². The van der Waals surface area contributed by atoms with Crippen LogP contribution in [0.5, 0.6) is 0 Å². The van der Waals surface area contributed by atoms with Crippen molar-refractivity contribution in [3.05, 3.63) is 27.6 Å². The van der Waals surface area contributed by atoms with Gasteiger partial charge in [-0.05, 0) is 11.4 Å². The fourth-order valence-corrected chi connectivity index (χ4v) is 6.66. The largest absolute Gasteiger partial charge is 0.336 e. The maximum absolute atomic E-state index is 12.2. The van der Waals surface area contributed by atoms with E-state index in [0.717, 1.165) is 0 Å². The van der Waals surface area contributed by atoms with Gasteiger partial charge >= 0.3 is 0 Å². The zero-order chi connectivity index (χ0) is 18.5. The van der Waals surface area contributed by atoms with Crippen LogP contribution in [-0.4, -0.2) is 70.8 Å². The Bertz CT molecular complexity index is 1010. The molecule has 10 heteroatoms. The first-order chi connectivity index (χ1) is 12.4. The predicted molar refractivity (Wildman–Crippen MR) is 98.9 cm³/mol. The number of nitrogens with one attached hydrogen (secondary N) is 1. The fraction of sp³-hybridized carbons (Fsp3) is 0.562. The molecule has 0 bridgehead atoms. The number of sulfone groups is 1. The van der Waals surface area contributed by atoms with Crippen LogP contribution in [0.3, 0.4) is 0 Å². The van der Waals surface area contributed by atoms with Gasteiger partial charge in [0.25, 0.3) is 5.56 Å². The van der Waals surface area contributed by atoms with E-state index in [0.29, 0.717) is 42.1 Å². The van der Waals surface area contributed by atoms with Crippen LogP contribution in [0.1, 0.15) is 19.2 Å². The number of hydrogen-bond acceptors (Lipinski definition) is 7. The van der Waals surface area contributed by atoms with Crippen molar-refractivity contribution in [1.82, 2.24) is 19.8 Å². The van der Waals surface area contributed by atoms with Crippen molar-refractivity contribution in [1.29, 1.82) is 0 Å². The van der Waals surface area contributed by atoms with Gasteiger partial charge in [-0.3, -0.25) is 14.5 Å². The highest BCUT2D eigenvalue weighted by atomic mass is 32.2. The number of fused-ring (bicyclic) bond motifs is 2. The molecule has 2 atom stereocenters. The summed E-state index contributed by atoms with van der Waals surface area (Å²) < 4.78 is 25.0. The van der Waals surface area contributed by atoms with E-state index in [1.807, 2.05) is 10.3 Å². The molecule has 4 heterocycles. The van der Waals surface area contributed by atoms with E-state index in [1.54, 1.807) is 17.9 Å². The van der Waals surface area contributed by atoms with Gasteiger partial charge in [0.15, 0.2) is 9.84 Å². The van der Waals surface area contributed by atoms with Gasteiger partial charge in [0.2, 0.25) is 5.91 Å². The summed E-state index contributed by atoms with van der Waals surface area (Å²) in [5, 5.41) is 1.82. The first kappa shape index (κ1) is 17.6. The second-order valence-corrected chi connectivity index (χ2v) is 9.84. The van der Waals surface area contributed by atoms with Gasteiger partial charge in [0.1, 0.15) is 10.5 Å². The summed E-state index contributed by atoms with van der Waals surface area (Å²) in [4.78, 5) is 35.4. The van der Waals surface area contributed by atoms with E-state index < -0.39 is 9.84 Å². The number of H-pyrrole nitrogens is 1. The molecular weight excluding hydrogens is 376 g/mol. The fourth-order valence-electron chi connectivity index (χ4n) is 3.92. The molecule has 0 saturated carbocycles. The Morgan fingerprint density at radius 2 is 2.12 bits per heavy atom. The van der Waals surface area contributed by atoms with Gasteiger partial charge in [0, 0.05) is 25.6 Å². The lowest BCUT2D eigenvalue weighted by molar-refractivity contribution is -0.136. The Balaban J connectivity index is 1.62. The predicted octanol–water partition coefficient (Wildman–Crippen LogP) is 0.204. The highest BCUT2D eigenvalue weighted by Crippen LogP contribution is 2.28. The molecule has 2 aromatic heterocycles. The minimum atomic E-state index is -3.19. The smallest absolute Gasteiger partial charge is 0.268 e. The molecule has 2 saturated heterocycles. The number of piperazine rings is 1. The van der Waals surface area contributed by atoms with E-state index in [1.165, 1.54) is 11.3 Å². The maximum Gasteiger partial charge on any atom is 0.268 e. The van der Waals surface area contributed by atoms with Gasteiger partial charge in [-0.2, -0.15) is 0 Å². The third-order valence-corrected chi connectivity index (χ3v) is 7.73. The topological polar surface area (TPSA) is 103 Å². The number of hydrogen-bond donors (Lipinski definition) is 1. The van der Waals surface area contributed by atoms with E-state index in [2.05, 4.69) is 9.97 Å². The van der Waals surface area contributed by atoms with Crippen molar-refractivity contribution in [2.75, 3.05) is 24.6 Å². The number of nitrogens with zero attached hydrogens (tertiary/aromatic N) is 3. The van der Waals surface area contributed by atoms with Crippen molar-refractivity contribution >= 4 is 37.3 Å². The third kappa shape index (κ3) is 3.06. The van der Waals surface area contributed by atoms with Gasteiger partial charge in [-0.25, -0.2) is 13.4 Å². The molecule has 2 aliphatic heterocycles. The lowest BCUT2D eigenvalue weighted by Crippen LogP contribution is -2.60. The van der Waals surface area contributed by atoms with Crippen LogP contribution in [0.2, 0.25) is 0 Å². The van der Waals surface area contributed by atoms with Crippen molar-refractivity contribution in [2.45, 2.75) is 32.0 Å². The summed E-state index contributed by atoms with van der Waals surface area (Å²) in [7, 11) is -3.19. The third-order valence-electron chi connectivity index (χ3n) is 5.13. The average molecular weight is 396 g/mol. The zero-order valence-corrected chi connectivity index (χ0v) is 16.0. The van der Waals surface area contributed by atoms with E-state index in [4.69, 9.17) is 0 Å². The van der Waals surface area contributed by atoms with Crippen molar-refractivity contribution in [2.24, 2.45) is 0 Å². The van der Waals surface area contributed by atoms with Gasteiger partial charge in [0.05, 0.1) is 29.6 Å². The number of aromatic amines is 1. The molecule has 2 aliphatic rings. The molecule has 0 aromatic carbocycles. The number of amides is 1. The van der Waals surface area contributed by atoms with E-state index >= 15 is 0 Å². The quantitative estimate of drug-likeness (QED) is 0.795. The molecule has 4 rings (SSSR count). The molecule has 1 amide bonds. The molecule has 0 spiro atoms. The molecule has 2 aromatic rings. The Morgan fingerprint density at radius 3 is 2.88 bits per heavy atom. The summed E-state index contributed by atoms with van der Waals surface area (Å²) >= 11 is 1.35. The Morgan fingerprint density at radius 1 is 1.35 bits per heavy atom. The summed E-state index contributed by atoms with van der Waals surface area (Å²) in [5.74, 6) is 0.561. The lowest BCUT2D eigenvalue weighted by Gasteiger charge is -2.43. The van der Waals surface area contributed by atoms with Gasteiger partial charge in [-0.1, -0.05) is 6.92 Å². The number of carbonyl (C=O) groups excluding carboxylic acids is 1. The van der Waals surface area contributed by atoms with Crippen LogP contribution >= 0.6 is 11.3 Å². The zero-order valence-electron chi connectivity index (χ0n) is 14.3. The first-order valence-electron chi connectivity index (χ1n) is 8.58. The second kappa shape index (κ2) is 6.43. The Hall–Kier alpha value is -1.78. The molecule has 2 fully saturated rings. The minimum absolute atomic E-state index is 0.00736. The standard InChI is InChI=1S/C16H20N4O4S2/c1-2-14(21)20-5-4-19(11-8-26(23,24)9-12(11)20)7-13-17-10-3-6-25-15(10)16(22)18-13/h3,6,11-12H,2,4-5,7-9H2,1H3,(H,17,18,22)/t11-,12+/m0/s1. The summed E-state index contributed by atoms with van der Waals surface area (Å²) in [6.45, 7) is 3.21. The van der Waals surface area contributed by atoms with Crippen LogP contribution in [0.4, 0.5) is 0 Å². The average Bonchev–Trinajstić information content (AvgIpc) is 3.18. The first-order valence-corrected chi connectivity index (χ1v) is 11.3. The molecule has 0 unspecified atom stereocenters. The normalized spacial score (nSPS) is 25.5. The van der Waals surface area contributed by atoms with Crippen LogP contribution in [0, 0.1) is 0 Å². The van der Waals surface area contributed by atoms with E-state index in [9.17, 15) is 18.0 Å². The number of carbonyl (C=O) groups is 1. The van der Waals surface area contributed by atoms with Crippen molar-refractivity contribution in [3.63, 3.8) is 0 Å². The molecule has 0 radical (unpaired) electrons. The van der Waals surface area contributed by atoms with Crippen LogP contribution in [0.25, 0.3) is 10.2 Å². The highest BCUT2D eigenvalue weighted by Gasteiger charge is 2.47. The highest BCUT2D eigenvalue weighted by molar-refractivity contribution is 7.91. The number of thiophene rings is 1. The molecular formula is C16H20N4O4S2. The number of aromatic nitrogens is 2. The number of rotatable bonds is 3. The van der Waals surface area contributed by atoms with Gasteiger partial charge in [-0.15, -0.1) is 11.3 Å². The maximum atomic E-state index is 12.2. The Labute approximate surface area is 154 Å². The van der Waals surface area contributed by atoms with Crippen molar-refractivity contribution < 1.29 is 13.2 Å². The van der Waals surface area contributed by atoms with Crippen molar-refractivity contribution in [3.8, 4) is 0 Å². The summed E-state index contributed by atoms with van der Waals surface area (Å²) in [5.41, 5.74) is 0.486. The van der Waals surface area contributed by atoms with Crippen LogP contribution < -0.4 is 5.56 Å². The Kier molecular flexibility index (Phi) is 4.36. The van der Waals surface area contributed by atoms with Crippen LogP contribution in [0.15, 0.2) is 16.2 Å². The monoisotopic (exact) mass is 396 g/mol. The molecule has 8 nitrogen and oxygen atoms in total. The summed E-state index contributed by atoms with van der Waals surface area (Å²) in [6.07, 6.45) is 0.368. The summed E-state index contributed by atoms with van der Waals surface area (Å²) in [6, 6.07) is 1.23. The van der Waals surface area contributed by atoms with Crippen LogP contribution in [-0.2, 0) is 21.2 Å². The molecule has 1 N–H and O–H groups in total. The minimum Gasteiger partial charge on any atom is -0.336 e. The van der Waals surface area contributed by atoms with Gasteiger partial charge < -0.3 is 9.88 Å². The lowest BCUT2D eigenvalue weighted by atomic mass is 10.0. The second-order valence-electron chi connectivity index (χ2n) is 6.77. The molecule has 140 valence electrons. The molecule has 26 heavy (non-hydrogen) atoms. The SMILES string of the molecule is CCC(=O)N1CCN(Cc2nc3ccsc3c(=O)[nH]2)[C@H]2CS(=O)(=O)C[C@H]21. The molecule has 0 aliphatic carbocycles.